The molecular formula is C20H22N4O. The zero-order chi connectivity index (χ0) is 17.8. The molecule has 25 heavy (non-hydrogen) atoms. The molecule has 3 aromatic rings. The van der Waals surface area contributed by atoms with E-state index in [-0.39, 0.29) is 5.91 Å². The standard InChI is InChI=1S/C20H22N4O/c1-14-5-4-12-21-20(14)22-19(25)11-8-17-6-9-18(10-7-17)24-16(3)13-15(2)23-24/h4-7,9-10,12-13H,8,11H2,1-3H3,(H,21,22,25). The molecule has 5 heteroatoms. The summed E-state index contributed by atoms with van der Waals surface area (Å²) in [5.41, 5.74) is 5.23. The van der Waals surface area contributed by atoms with Crippen LogP contribution in [0.2, 0.25) is 0 Å². The van der Waals surface area contributed by atoms with Gasteiger partial charge in [-0.2, -0.15) is 5.10 Å². The summed E-state index contributed by atoms with van der Waals surface area (Å²) in [5, 5.41) is 7.35. The summed E-state index contributed by atoms with van der Waals surface area (Å²) in [6.07, 6.45) is 2.80. The molecule has 0 unspecified atom stereocenters. The van der Waals surface area contributed by atoms with Crippen LogP contribution in [0, 0.1) is 20.8 Å². The highest BCUT2D eigenvalue weighted by molar-refractivity contribution is 5.90. The number of benzene rings is 1. The van der Waals surface area contributed by atoms with E-state index in [2.05, 4.69) is 21.5 Å². The summed E-state index contributed by atoms with van der Waals surface area (Å²) in [5.74, 6) is 0.608. The van der Waals surface area contributed by atoms with Gasteiger partial charge in [0.15, 0.2) is 0 Å². The minimum absolute atomic E-state index is 0.0237. The molecular weight excluding hydrogens is 312 g/mol. The lowest BCUT2D eigenvalue weighted by Crippen LogP contribution is -2.14. The average Bonchev–Trinajstić information content (AvgIpc) is 2.94. The Bertz CT molecular complexity index is 881. The minimum Gasteiger partial charge on any atom is -0.310 e. The highest BCUT2D eigenvalue weighted by Crippen LogP contribution is 2.15. The molecule has 0 radical (unpaired) electrons. The number of nitrogens with zero attached hydrogens (tertiary/aromatic N) is 3. The Balaban J connectivity index is 1.59. The van der Waals surface area contributed by atoms with Crippen LogP contribution in [0.3, 0.4) is 0 Å². The summed E-state index contributed by atoms with van der Waals surface area (Å²) in [7, 11) is 0. The topological polar surface area (TPSA) is 59.8 Å². The third-order valence-corrected chi connectivity index (χ3v) is 4.10. The fraction of sp³-hybridized carbons (Fsp3) is 0.250. The third-order valence-electron chi connectivity index (χ3n) is 4.10. The van der Waals surface area contributed by atoms with Crippen LogP contribution in [-0.2, 0) is 11.2 Å². The van der Waals surface area contributed by atoms with Gasteiger partial charge < -0.3 is 5.32 Å². The van der Waals surface area contributed by atoms with Gasteiger partial charge >= 0.3 is 0 Å². The van der Waals surface area contributed by atoms with Gasteiger partial charge in [-0.3, -0.25) is 4.79 Å². The second kappa shape index (κ2) is 7.30. The summed E-state index contributed by atoms with van der Waals surface area (Å²) in [6, 6.07) is 14.0. The van der Waals surface area contributed by atoms with Crippen LogP contribution >= 0.6 is 0 Å². The first-order chi connectivity index (χ1) is 12.0. The van der Waals surface area contributed by atoms with Gasteiger partial charge in [0.25, 0.3) is 0 Å². The molecule has 0 aliphatic carbocycles. The van der Waals surface area contributed by atoms with Crippen molar-refractivity contribution in [2.45, 2.75) is 33.6 Å². The zero-order valence-corrected chi connectivity index (χ0v) is 14.8. The first-order valence-electron chi connectivity index (χ1n) is 8.37. The maximum absolute atomic E-state index is 12.1. The van der Waals surface area contributed by atoms with Crippen molar-refractivity contribution in [1.29, 1.82) is 0 Å². The lowest BCUT2D eigenvalue weighted by molar-refractivity contribution is -0.116. The number of anilines is 1. The smallest absolute Gasteiger partial charge is 0.225 e. The number of hydrogen-bond acceptors (Lipinski definition) is 3. The van der Waals surface area contributed by atoms with Crippen LogP contribution in [0.25, 0.3) is 5.69 Å². The van der Waals surface area contributed by atoms with Gasteiger partial charge in [0, 0.05) is 18.3 Å². The number of hydrogen-bond donors (Lipinski definition) is 1. The fourth-order valence-corrected chi connectivity index (χ4v) is 2.76. The van der Waals surface area contributed by atoms with Crippen molar-refractivity contribution < 1.29 is 4.79 Å². The van der Waals surface area contributed by atoms with Crippen LogP contribution in [0.4, 0.5) is 5.82 Å². The fourth-order valence-electron chi connectivity index (χ4n) is 2.76. The van der Waals surface area contributed by atoms with Gasteiger partial charge in [-0.25, -0.2) is 9.67 Å². The van der Waals surface area contributed by atoms with E-state index in [1.807, 2.05) is 61.9 Å². The molecule has 0 fully saturated rings. The molecule has 5 nitrogen and oxygen atoms in total. The summed E-state index contributed by atoms with van der Waals surface area (Å²) in [4.78, 5) is 16.3. The van der Waals surface area contributed by atoms with Gasteiger partial charge in [-0.05, 0) is 62.6 Å². The lowest BCUT2D eigenvalue weighted by Gasteiger charge is -2.08. The Morgan fingerprint density at radius 3 is 2.52 bits per heavy atom. The van der Waals surface area contributed by atoms with E-state index in [4.69, 9.17) is 0 Å². The third kappa shape index (κ3) is 4.12. The largest absolute Gasteiger partial charge is 0.310 e. The molecule has 3 rings (SSSR count). The summed E-state index contributed by atoms with van der Waals surface area (Å²) >= 11 is 0. The van der Waals surface area contributed by atoms with Gasteiger partial charge in [0.05, 0.1) is 11.4 Å². The van der Waals surface area contributed by atoms with Crippen molar-refractivity contribution >= 4 is 11.7 Å². The lowest BCUT2D eigenvalue weighted by atomic mass is 10.1. The average molecular weight is 334 g/mol. The van der Waals surface area contributed by atoms with Crippen molar-refractivity contribution in [2.24, 2.45) is 0 Å². The monoisotopic (exact) mass is 334 g/mol. The Morgan fingerprint density at radius 1 is 1.12 bits per heavy atom. The van der Waals surface area contributed by atoms with Crippen molar-refractivity contribution in [2.75, 3.05) is 5.32 Å². The van der Waals surface area contributed by atoms with Crippen LogP contribution in [0.5, 0.6) is 0 Å². The molecule has 128 valence electrons. The Kier molecular flexibility index (Phi) is 4.93. The van der Waals surface area contributed by atoms with Crippen molar-refractivity contribution in [3.05, 3.63) is 71.2 Å². The number of carbonyl (C=O) groups excluding carboxylic acids is 1. The molecule has 1 N–H and O–H groups in total. The minimum atomic E-state index is -0.0237. The van der Waals surface area contributed by atoms with E-state index in [9.17, 15) is 4.79 Å². The first-order valence-corrected chi connectivity index (χ1v) is 8.37. The predicted octanol–water partition coefficient (Wildman–Crippen LogP) is 3.76. The molecule has 0 saturated carbocycles. The molecule has 0 bridgehead atoms. The molecule has 0 aliphatic heterocycles. The molecule has 2 heterocycles. The number of aromatic nitrogens is 3. The molecule has 0 atom stereocenters. The summed E-state index contributed by atoms with van der Waals surface area (Å²) in [6.45, 7) is 5.96. The van der Waals surface area contributed by atoms with E-state index < -0.39 is 0 Å². The highest BCUT2D eigenvalue weighted by atomic mass is 16.1. The van der Waals surface area contributed by atoms with E-state index in [1.54, 1.807) is 6.20 Å². The number of nitrogens with one attached hydrogen (secondary N) is 1. The van der Waals surface area contributed by atoms with Crippen LogP contribution in [-0.4, -0.2) is 20.7 Å². The van der Waals surface area contributed by atoms with E-state index >= 15 is 0 Å². The van der Waals surface area contributed by atoms with Gasteiger partial charge in [-0.1, -0.05) is 18.2 Å². The SMILES string of the molecule is Cc1cc(C)n(-c2ccc(CCC(=O)Nc3ncccc3C)cc2)n1. The van der Waals surface area contributed by atoms with E-state index in [0.717, 1.165) is 28.2 Å². The molecule has 0 aliphatic rings. The van der Waals surface area contributed by atoms with Gasteiger partial charge in [0.1, 0.15) is 5.82 Å². The van der Waals surface area contributed by atoms with Crippen molar-refractivity contribution in [3.8, 4) is 5.69 Å². The molecule has 2 aromatic heterocycles. The Labute approximate surface area is 147 Å². The van der Waals surface area contributed by atoms with E-state index in [1.165, 1.54) is 0 Å². The second-order valence-corrected chi connectivity index (χ2v) is 6.22. The van der Waals surface area contributed by atoms with Crippen molar-refractivity contribution in [1.82, 2.24) is 14.8 Å². The number of aryl methyl sites for hydroxylation is 4. The first kappa shape index (κ1) is 16.9. The van der Waals surface area contributed by atoms with Crippen LogP contribution in [0.1, 0.15) is 28.9 Å². The molecule has 1 amide bonds. The zero-order valence-electron chi connectivity index (χ0n) is 14.8. The van der Waals surface area contributed by atoms with E-state index in [0.29, 0.717) is 18.7 Å². The summed E-state index contributed by atoms with van der Waals surface area (Å²) < 4.78 is 1.93. The van der Waals surface area contributed by atoms with Gasteiger partial charge in [0.2, 0.25) is 5.91 Å². The normalized spacial score (nSPS) is 10.7. The van der Waals surface area contributed by atoms with Crippen LogP contribution in [0.15, 0.2) is 48.7 Å². The molecule has 0 spiro atoms. The number of pyridine rings is 1. The maximum Gasteiger partial charge on any atom is 0.225 e. The molecule has 0 saturated heterocycles. The van der Waals surface area contributed by atoms with Crippen molar-refractivity contribution in [3.63, 3.8) is 0 Å². The number of rotatable bonds is 5. The van der Waals surface area contributed by atoms with Gasteiger partial charge in [-0.15, -0.1) is 0 Å². The number of carbonyl (C=O) groups is 1. The van der Waals surface area contributed by atoms with Crippen LogP contribution < -0.4 is 5.32 Å². The second-order valence-electron chi connectivity index (χ2n) is 6.22. The quantitative estimate of drug-likeness (QED) is 0.773. The molecule has 1 aromatic carbocycles. The predicted molar refractivity (Wildman–Crippen MR) is 99.0 cm³/mol. The highest BCUT2D eigenvalue weighted by Gasteiger charge is 2.07. The Morgan fingerprint density at radius 2 is 1.88 bits per heavy atom. The Hall–Kier alpha value is -2.95. The number of amides is 1. The maximum atomic E-state index is 12.1.